The minimum Gasteiger partial charge on any atom is -0.323 e. The standard InChI is InChI=1S/C11H14ClN3/c1-3-8-11(12)15-9(7(2)13)5-4-6-10(15)14-8/h4-7H,3,13H2,1-2H3. The molecule has 1 atom stereocenters. The summed E-state index contributed by atoms with van der Waals surface area (Å²) in [5.74, 6) is 0. The summed E-state index contributed by atoms with van der Waals surface area (Å²) < 4.78 is 1.92. The zero-order chi connectivity index (χ0) is 11.0. The van der Waals surface area contributed by atoms with Crippen LogP contribution in [0, 0.1) is 0 Å². The summed E-state index contributed by atoms with van der Waals surface area (Å²) in [5.41, 5.74) is 8.67. The van der Waals surface area contributed by atoms with Gasteiger partial charge in [0.2, 0.25) is 0 Å². The number of aromatic nitrogens is 2. The first-order chi connectivity index (χ1) is 7.15. The molecule has 2 aromatic heterocycles. The van der Waals surface area contributed by atoms with E-state index in [1.54, 1.807) is 0 Å². The fraction of sp³-hybridized carbons (Fsp3) is 0.364. The van der Waals surface area contributed by atoms with Gasteiger partial charge in [-0.2, -0.15) is 0 Å². The lowest BCUT2D eigenvalue weighted by atomic mass is 10.2. The molecule has 0 aromatic carbocycles. The van der Waals surface area contributed by atoms with Gasteiger partial charge in [-0.25, -0.2) is 4.98 Å². The molecule has 2 aromatic rings. The van der Waals surface area contributed by atoms with Crippen LogP contribution in [0.5, 0.6) is 0 Å². The number of hydrogen-bond acceptors (Lipinski definition) is 2. The minimum absolute atomic E-state index is 0.0508. The molecular weight excluding hydrogens is 210 g/mol. The second-order valence-electron chi connectivity index (χ2n) is 3.64. The van der Waals surface area contributed by atoms with Crippen molar-refractivity contribution >= 4 is 17.2 Å². The zero-order valence-electron chi connectivity index (χ0n) is 8.87. The molecule has 0 aliphatic heterocycles. The molecule has 2 heterocycles. The number of hydrogen-bond donors (Lipinski definition) is 1. The van der Waals surface area contributed by atoms with Gasteiger partial charge < -0.3 is 5.73 Å². The lowest BCUT2D eigenvalue weighted by Crippen LogP contribution is -2.10. The molecule has 0 spiro atoms. The van der Waals surface area contributed by atoms with Crippen LogP contribution < -0.4 is 5.73 Å². The number of nitrogens with zero attached hydrogens (tertiary/aromatic N) is 2. The second-order valence-corrected chi connectivity index (χ2v) is 3.99. The van der Waals surface area contributed by atoms with Crippen LogP contribution in [0.3, 0.4) is 0 Å². The van der Waals surface area contributed by atoms with E-state index in [1.807, 2.05) is 36.4 Å². The van der Waals surface area contributed by atoms with E-state index >= 15 is 0 Å². The Labute approximate surface area is 93.9 Å². The van der Waals surface area contributed by atoms with Crippen LogP contribution in [-0.2, 0) is 6.42 Å². The molecule has 0 aliphatic rings. The third-order valence-corrected chi connectivity index (χ3v) is 2.87. The number of fused-ring (bicyclic) bond motifs is 1. The molecule has 0 bridgehead atoms. The first-order valence-corrected chi connectivity index (χ1v) is 5.44. The van der Waals surface area contributed by atoms with Crippen molar-refractivity contribution in [3.63, 3.8) is 0 Å². The Morgan fingerprint density at radius 3 is 2.87 bits per heavy atom. The molecule has 0 saturated carbocycles. The smallest absolute Gasteiger partial charge is 0.138 e. The van der Waals surface area contributed by atoms with Crippen LogP contribution in [0.15, 0.2) is 18.2 Å². The number of pyridine rings is 1. The van der Waals surface area contributed by atoms with Gasteiger partial charge in [-0.05, 0) is 25.5 Å². The molecule has 2 rings (SSSR count). The van der Waals surface area contributed by atoms with Crippen LogP contribution in [0.1, 0.15) is 31.3 Å². The predicted octanol–water partition coefficient (Wildman–Crippen LogP) is 2.57. The van der Waals surface area contributed by atoms with E-state index in [0.29, 0.717) is 5.15 Å². The lowest BCUT2D eigenvalue weighted by molar-refractivity contribution is 0.763. The molecule has 2 N–H and O–H groups in total. The van der Waals surface area contributed by atoms with Crippen molar-refractivity contribution in [2.24, 2.45) is 5.73 Å². The van der Waals surface area contributed by atoms with Gasteiger partial charge in [-0.3, -0.25) is 4.40 Å². The quantitative estimate of drug-likeness (QED) is 0.851. The highest BCUT2D eigenvalue weighted by Gasteiger charge is 2.12. The van der Waals surface area contributed by atoms with Crippen molar-refractivity contribution in [1.82, 2.24) is 9.38 Å². The fourth-order valence-corrected chi connectivity index (χ4v) is 2.07. The number of rotatable bonds is 2. The van der Waals surface area contributed by atoms with Gasteiger partial charge in [0.05, 0.1) is 5.69 Å². The Morgan fingerprint density at radius 2 is 2.27 bits per heavy atom. The van der Waals surface area contributed by atoms with Gasteiger partial charge in [0, 0.05) is 11.7 Å². The Kier molecular flexibility index (Phi) is 2.67. The van der Waals surface area contributed by atoms with Crippen molar-refractivity contribution in [3.8, 4) is 0 Å². The fourth-order valence-electron chi connectivity index (χ4n) is 1.71. The van der Waals surface area contributed by atoms with E-state index < -0.39 is 0 Å². The van der Waals surface area contributed by atoms with Crippen LogP contribution >= 0.6 is 11.6 Å². The first-order valence-electron chi connectivity index (χ1n) is 5.06. The molecule has 3 nitrogen and oxygen atoms in total. The SMILES string of the molecule is CCc1nc2cccc(C(C)N)n2c1Cl. The summed E-state index contributed by atoms with van der Waals surface area (Å²) in [4.78, 5) is 4.45. The largest absolute Gasteiger partial charge is 0.323 e. The van der Waals surface area contributed by atoms with Gasteiger partial charge >= 0.3 is 0 Å². The zero-order valence-corrected chi connectivity index (χ0v) is 9.62. The van der Waals surface area contributed by atoms with Crippen molar-refractivity contribution in [1.29, 1.82) is 0 Å². The molecule has 15 heavy (non-hydrogen) atoms. The maximum absolute atomic E-state index is 6.25. The van der Waals surface area contributed by atoms with Gasteiger partial charge in [0.15, 0.2) is 0 Å². The summed E-state index contributed by atoms with van der Waals surface area (Å²) in [7, 11) is 0. The van der Waals surface area contributed by atoms with Crippen molar-refractivity contribution < 1.29 is 0 Å². The van der Waals surface area contributed by atoms with Crippen molar-refractivity contribution in [2.75, 3.05) is 0 Å². The average Bonchev–Trinajstić information content (AvgIpc) is 2.55. The highest BCUT2D eigenvalue weighted by molar-refractivity contribution is 6.30. The maximum Gasteiger partial charge on any atom is 0.138 e. The Balaban J connectivity index is 2.78. The molecular formula is C11H14ClN3. The summed E-state index contributed by atoms with van der Waals surface area (Å²) in [6, 6.07) is 5.82. The van der Waals surface area contributed by atoms with Crippen LogP contribution in [0.2, 0.25) is 5.15 Å². The van der Waals surface area contributed by atoms with Gasteiger partial charge in [0.1, 0.15) is 10.8 Å². The van der Waals surface area contributed by atoms with Crippen LogP contribution in [0.25, 0.3) is 5.65 Å². The molecule has 0 aliphatic carbocycles. The van der Waals surface area contributed by atoms with E-state index in [4.69, 9.17) is 17.3 Å². The Morgan fingerprint density at radius 1 is 1.53 bits per heavy atom. The van der Waals surface area contributed by atoms with E-state index in [2.05, 4.69) is 4.98 Å². The van der Waals surface area contributed by atoms with Crippen molar-refractivity contribution in [3.05, 3.63) is 34.7 Å². The number of halogens is 1. The topological polar surface area (TPSA) is 43.3 Å². The van der Waals surface area contributed by atoms with Gasteiger partial charge in [0.25, 0.3) is 0 Å². The Bertz CT molecular complexity index is 488. The molecule has 80 valence electrons. The summed E-state index contributed by atoms with van der Waals surface area (Å²) in [5, 5.41) is 0.681. The number of aryl methyl sites for hydroxylation is 1. The molecule has 1 unspecified atom stereocenters. The molecule has 0 fully saturated rings. The molecule has 0 amide bonds. The summed E-state index contributed by atoms with van der Waals surface area (Å²) in [6.45, 7) is 3.98. The number of nitrogens with two attached hydrogens (primary N) is 1. The lowest BCUT2D eigenvalue weighted by Gasteiger charge is -2.09. The Hall–Kier alpha value is -1.06. The number of imidazole rings is 1. The van der Waals surface area contributed by atoms with Crippen LogP contribution in [-0.4, -0.2) is 9.38 Å². The first kappa shape index (κ1) is 10.5. The highest BCUT2D eigenvalue weighted by atomic mass is 35.5. The second kappa shape index (κ2) is 3.83. The van der Waals surface area contributed by atoms with E-state index in [9.17, 15) is 0 Å². The van der Waals surface area contributed by atoms with E-state index in [0.717, 1.165) is 23.5 Å². The highest BCUT2D eigenvalue weighted by Crippen LogP contribution is 2.23. The summed E-state index contributed by atoms with van der Waals surface area (Å²) in [6.07, 6.45) is 0.832. The molecule has 0 saturated heterocycles. The van der Waals surface area contributed by atoms with E-state index in [1.165, 1.54) is 0 Å². The monoisotopic (exact) mass is 223 g/mol. The predicted molar refractivity (Wildman–Crippen MR) is 62.2 cm³/mol. The minimum atomic E-state index is -0.0508. The normalized spacial score (nSPS) is 13.3. The third kappa shape index (κ3) is 1.62. The van der Waals surface area contributed by atoms with Gasteiger partial charge in [-0.1, -0.05) is 24.6 Å². The van der Waals surface area contributed by atoms with Crippen LogP contribution in [0.4, 0.5) is 0 Å². The average molecular weight is 224 g/mol. The van der Waals surface area contributed by atoms with Crippen molar-refractivity contribution in [2.45, 2.75) is 26.3 Å². The molecule has 0 radical (unpaired) electrons. The van der Waals surface area contributed by atoms with Gasteiger partial charge in [-0.15, -0.1) is 0 Å². The third-order valence-electron chi connectivity index (χ3n) is 2.48. The van der Waals surface area contributed by atoms with E-state index in [-0.39, 0.29) is 6.04 Å². The maximum atomic E-state index is 6.25. The summed E-state index contributed by atoms with van der Waals surface area (Å²) >= 11 is 6.25. The molecule has 4 heteroatoms.